The Kier molecular flexibility index (Phi) is 6.97. The number of fused-ring (bicyclic) bond motifs is 1. The minimum absolute atomic E-state index is 0.0543. The van der Waals surface area contributed by atoms with Crippen molar-refractivity contribution in [2.24, 2.45) is 5.92 Å². The van der Waals surface area contributed by atoms with Gasteiger partial charge in [-0.25, -0.2) is 4.79 Å². The molecule has 0 spiro atoms. The van der Waals surface area contributed by atoms with E-state index in [1.165, 1.54) is 19.3 Å². The van der Waals surface area contributed by atoms with Gasteiger partial charge in [0.25, 0.3) is 0 Å². The number of hydrogen-bond acceptors (Lipinski definition) is 7. The summed E-state index contributed by atoms with van der Waals surface area (Å²) in [5, 5.41) is 8.55. The smallest absolute Gasteiger partial charge is 0.414 e. The van der Waals surface area contributed by atoms with Gasteiger partial charge in [0.05, 0.1) is 17.5 Å². The van der Waals surface area contributed by atoms with Crippen LogP contribution in [0.4, 0.5) is 4.79 Å². The Morgan fingerprint density at radius 3 is 2.55 bits per heavy atom. The number of carbonyl (C=O) groups is 3. The molecule has 0 aromatic carbocycles. The number of nitrogens with one attached hydrogen (secondary N) is 3. The molecule has 3 saturated heterocycles. The van der Waals surface area contributed by atoms with E-state index in [0.717, 1.165) is 50.9 Å². The van der Waals surface area contributed by atoms with Gasteiger partial charge in [0.2, 0.25) is 11.8 Å². The molecule has 3 heterocycles. The van der Waals surface area contributed by atoms with Crippen molar-refractivity contribution < 1.29 is 19.1 Å². The van der Waals surface area contributed by atoms with E-state index in [1.54, 1.807) is 11.8 Å². The Hall–Kier alpha value is -1.32. The highest BCUT2D eigenvalue weighted by atomic mass is 32.2. The van der Waals surface area contributed by atoms with Crippen LogP contribution < -0.4 is 16.0 Å². The lowest BCUT2D eigenvalue weighted by molar-refractivity contribution is -0.126. The third kappa shape index (κ3) is 5.24. The van der Waals surface area contributed by atoms with Gasteiger partial charge in [0, 0.05) is 6.54 Å². The number of nitrogens with zero attached hydrogens (tertiary/aromatic N) is 1. The van der Waals surface area contributed by atoms with Crippen molar-refractivity contribution >= 4 is 29.7 Å². The van der Waals surface area contributed by atoms with E-state index in [1.807, 2.05) is 0 Å². The molecular formula is C20H32N4O4S. The number of ether oxygens (including phenoxy) is 1. The molecular weight excluding hydrogens is 392 g/mol. The molecule has 0 radical (unpaired) electrons. The second-order valence-electron chi connectivity index (χ2n) is 8.58. The predicted molar refractivity (Wildman–Crippen MR) is 110 cm³/mol. The fourth-order valence-electron chi connectivity index (χ4n) is 4.87. The van der Waals surface area contributed by atoms with Crippen molar-refractivity contribution in [3.8, 4) is 0 Å². The zero-order chi connectivity index (χ0) is 20.2. The molecule has 4 aliphatic rings. The maximum atomic E-state index is 12.8. The van der Waals surface area contributed by atoms with Crippen molar-refractivity contribution in [3.05, 3.63) is 0 Å². The van der Waals surface area contributed by atoms with Gasteiger partial charge in [0.15, 0.2) is 0 Å². The normalized spacial score (nSPS) is 33.1. The molecule has 3 aliphatic heterocycles. The summed E-state index contributed by atoms with van der Waals surface area (Å²) in [5.41, 5.74) is 0. The van der Waals surface area contributed by atoms with E-state index >= 15 is 0 Å². The monoisotopic (exact) mass is 424 g/mol. The van der Waals surface area contributed by atoms with Crippen LogP contribution in [0.5, 0.6) is 0 Å². The summed E-state index contributed by atoms with van der Waals surface area (Å²) in [4.78, 5) is 39.8. The van der Waals surface area contributed by atoms with Crippen molar-refractivity contribution in [1.29, 1.82) is 0 Å². The van der Waals surface area contributed by atoms with Gasteiger partial charge < -0.3 is 10.1 Å². The molecule has 1 saturated carbocycles. The number of piperidine rings is 1. The average molecular weight is 425 g/mol. The molecule has 0 aromatic rings. The van der Waals surface area contributed by atoms with E-state index in [9.17, 15) is 14.4 Å². The maximum absolute atomic E-state index is 12.8. The lowest BCUT2D eigenvalue weighted by Gasteiger charge is -2.28. The van der Waals surface area contributed by atoms with E-state index in [4.69, 9.17) is 4.74 Å². The first kappa shape index (κ1) is 20.9. The second-order valence-corrected chi connectivity index (χ2v) is 9.82. The van der Waals surface area contributed by atoms with Gasteiger partial charge in [-0.05, 0) is 63.7 Å². The van der Waals surface area contributed by atoms with Crippen LogP contribution in [0.1, 0.15) is 57.8 Å². The molecule has 4 atom stereocenters. The average Bonchev–Trinajstić information content (AvgIpc) is 3.35. The minimum Gasteiger partial charge on any atom is -0.446 e. The highest BCUT2D eigenvalue weighted by Crippen LogP contribution is 2.31. The minimum atomic E-state index is -0.654. The molecule has 3 N–H and O–H groups in total. The summed E-state index contributed by atoms with van der Waals surface area (Å²) >= 11 is 1.57. The molecule has 4 fully saturated rings. The van der Waals surface area contributed by atoms with Crippen LogP contribution in [0.2, 0.25) is 0 Å². The Labute approximate surface area is 176 Å². The lowest BCUT2D eigenvalue weighted by Crippen LogP contribution is -2.50. The number of carbonyl (C=O) groups excluding carboxylic acids is 3. The number of thioether (sulfide) groups is 1. The number of hydrogen-bond donors (Lipinski definition) is 3. The first-order valence-corrected chi connectivity index (χ1v) is 12.1. The van der Waals surface area contributed by atoms with Crippen molar-refractivity contribution in [3.63, 3.8) is 0 Å². The standard InChI is InChI=1S/C20H32N4O4S/c25-17(23-20(27)28-13-6-2-1-3-7-13)14-9-11-29-19(14)22-18(26)15-12-24-10-5-4-8-16(24)21-15/h13-16,19,21H,1-12H2,(H,22,26)(H,23,25,27). The Morgan fingerprint density at radius 2 is 1.76 bits per heavy atom. The Morgan fingerprint density at radius 1 is 0.966 bits per heavy atom. The molecule has 0 bridgehead atoms. The predicted octanol–water partition coefficient (Wildman–Crippen LogP) is 1.55. The van der Waals surface area contributed by atoms with Crippen LogP contribution in [0, 0.1) is 5.92 Å². The summed E-state index contributed by atoms with van der Waals surface area (Å²) in [6, 6.07) is -0.237. The molecule has 4 unspecified atom stereocenters. The van der Waals surface area contributed by atoms with Crippen LogP contribution in [0.15, 0.2) is 0 Å². The fraction of sp³-hybridized carbons (Fsp3) is 0.850. The number of alkyl carbamates (subject to hydrolysis) is 1. The van der Waals surface area contributed by atoms with Crippen LogP contribution in [-0.2, 0) is 14.3 Å². The van der Waals surface area contributed by atoms with E-state index in [0.29, 0.717) is 12.6 Å². The first-order chi connectivity index (χ1) is 14.1. The van der Waals surface area contributed by atoms with E-state index in [2.05, 4.69) is 20.9 Å². The second kappa shape index (κ2) is 9.66. The molecule has 162 valence electrons. The van der Waals surface area contributed by atoms with E-state index < -0.39 is 12.0 Å². The first-order valence-electron chi connectivity index (χ1n) is 11.0. The summed E-state index contributed by atoms with van der Waals surface area (Å²) in [6.45, 7) is 1.76. The summed E-state index contributed by atoms with van der Waals surface area (Å²) in [7, 11) is 0. The number of imide groups is 1. The fourth-order valence-corrected chi connectivity index (χ4v) is 6.21. The zero-order valence-corrected chi connectivity index (χ0v) is 17.7. The molecule has 29 heavy (non-hydrogen) atoms. The Balaban J connectivity index is 1.25. The summed E-state index contributed by atoms with van der Waals surface area (Å²) in [5.74, 6) is -0.0285. The van der Waals surface area contributed by atoms with Crippen LogP contribution >= 0.6 is 11.8 Å². The molecule has 4 rings (SSSR count). The maximum Gasteiger partial charge on any atom is 0.414 e. The Bertz CT molecular complexity index is 614. The van der Waals surface area contributed by atoms with Crippen LogP contribution in [0.25, 0.3) is 0 Å². The highest BCUT2D eigenvalue weighted by molar-refractivity contribution is 8.00. The molecule has 1 aliphatic carbocycles. The third-order valence-corrected chi connectivity index (χ3v) is 7.78. The lowest BCUT2D eigenvalue weighted by atomic mass is 9.98. The van der Waals surface area contributed by atoms with E-state index in [-0.39, 0.29) is 29.3 Å². The van der Waals surface area contributed by atoms with Gasteiger partial charge in [-0.15, -0.1) is 11.8 Å². The molecule has 3 amide bonds. The summed E-state index contributed by atoms with van der Waals surface area (Å²) in [6.07, 6.45) is 8.69. The third-order valence-electron chi connectivity index (χ3n) is 6.50. The van der Waals surface area contributed by atoms with Crippen LogP contribution in [-0.4, -0.2) is 65.3 Å². The molecule has 9 heteroatoms. The largest absolute Gasteiger partial charge is 0.446 e. The number of rotatable bonds is 4. The van der Waals surface area contributed by atoms with Gasteiger partial charge in [0.1, 0.15) is 12.1 Å². The molecule has 8 nitrogen and oxygen atoms in total. The highest BCUT2D eigenvalue weighted by Gasteiger charge is 2.40. The van der Waals surface area contributed by atoms with Gasteiger partial charge >= 0.3 is 6.09 Å². The van der Waals surface area contributed by atoms with Crippen LogP contribution in [0.3, 0.4) is 0 Å². The van der Waals surface area contributed by atoms with Gasteiger partial charge in [-0.3, -0.25) is 25.1 Å². The van der Waals surface area contributed by atoms with Crippen molar-refractivity contribution in [2.45, 2.75) is 81.5 Å². The SMILES string of the molecule is O=C(NC(=O)C1CCSC1NC(=O)C1CN2CCCCC2N1)OC1CCCCC1. The topological polar surface area (TPSA) is 99.8 Å². The summed E-state index contributed by atoms with van der Waals surface area (Å²) < 4.78 is 5.39. The molecule has 0 aromatic heterocycles. The van der Waals surface area contributed by atoms with Crippen molar-refractivity contribution in [1.82, 2.24) is 20.9 Å². The zero-order valence-electron chi connectivity index (χ0n) is 16.9. The van der Waals surface area contributed by atoms with Gasteiger partial charge in [-0.1, -0.05) is 6.42 Å². The quantitative estimate of drug-likeness (QED) is 0.630. The van der Waals surface area contributed by atoms with Gasteiger partial charge in [-0.2, -0.15) is 0 Å². The number of amides is 3. The van der Waals surface area contributed by atoms with Crippen molar-refractivity contribution in [2.75, 3.05) is 18.8 Å².